The summed E-state index contributed by atoms with van der Waals surface area (Å²) in [5.74, 6) is 0. The Balaban J connectivity index is 1.81. The third-order valence-electron chi connectivity index (χ3n) is 5.86. The van der Waals surface area contributed by atoms with Crippen molar-refractivity contribution in [1.29, 1.82) is 0 Å². The molecule has 0 atom stereocenters. The molecular weight excluding hydrogens is 364 g/mol. The molecule has 0 aliphatic carbocycles. The molecule has 2 heterocycles. The molecule has 30 heavy (non-hydrogen) atoms. The number of hydrogen-bond donors (Lipinski definition) is 0. The highest BCUT2D eigenvalue weighted by Crippen LogP contribution is 2.23. The zero-order chi connectivity index (χ0) is 20.5. The van der Waals surface area contributed by atoms with E-state index < -0.39 is 0 Å². The average molecular weight is 389 g/mol. The summed E-state index contributed by atoms with van der Waals surface area (Å²) in [7, 11) is 0. The molecule has 0 saturated carbocycles. The number of nitrogens with zero attached hydrogens (tertiary/aromatic N) is 2. The molecule has 0 fully saturated rings. The maximum absolute atomic E-state index is 2.26. The summed E-state index contributed by atoms with van der Waals surface area (Å²) in [5.41, 5.74) is 4.93. The number of rotatable bonds is 2. The molecule has 2 aromatic heterocycles. The SMILES string of the molecule is Cc1c2ccc3cc(-[n+]4ccccc4)cc(ccc1cc(-[n+]1ccccc1)c2)c3C. The van der Waals surface area contributed by atoms with Gasteiger partial charge in [0.1, 0.15) is 0 Å². The first-order valence-electron chi connectivity index (χ1n) is 10.3. The van der Waals surface area contributed by atoms with Crippen LogP contribution < -0.4 is 9.13 Å². The smallest absolute Gasteiger partial charge is 0.167 e. The van der Waals surface area contributed by atoms with Crippen LogP contribution in [0.25, 0.3) is 32.9 Å². The minimum absolute atomic E-state index is 1.17. The number of benzene rings is 2. The first-order chi connectivity index (χ1) is 14.7. The van der Waals surface area contributed by atoms with E-state index in [1.807, 2.05) is 12.1 Å². The molecule has 0 radical (unpaired) electrons. The fourth-order valence-corrected chi connectivity index (χ4v) is 3.98. The molecule has 0 unspecified atom stereocenters. The van der Waals surface area contributed by atoms with E-state index in [2.05, 4.69) is 121 Å². The van der Waals surface area contributed by atoms with Crippen molar-refractivity contribution in [3.05, 3.63) is 121 Å². The van der Waals surface area contributed by atoms with E-state index in [-0.39, 0.29) is 0 Å². The van der Waals surface area contributed by atoms with Crippen molar-refractivity contribution in [3.63, 3.8) is 0 Å². The van der Waals surface area contributed by atoms with Crippen molar-refractivity contribution in [1.82, 2.24) is 0 Å². The van der Waals surface area contributed by atoms with E-state index in [0.29, 0.717) is 0 Å². The monoisotopic (exact) mass is 388 g/mol. The van der Waals surface area contributed by atoms with Gasteiger partial charge in [0, 0.05) is 48.5 Å². The van der Waals surface area contributed by atoms with Gasteiger partial charge in [-0.3, -0.25) is 0 Å². The van der Waals surface area contributed by atoms with Gasteiger partial charge in [0.2, 0.25) is 11.4 Å². The molecule has 2 nitrogen and oxygen atoms in total. The van der Waals surface area contributed by atoms with Crippen molar-refractivity contribution in [3.8, 4) is 11.4 Å². The molecule has 0 aliphatic heterocycles. The van der Waals surface area contributed by atoms with Crippen LogP contribution in [0, 0.1) is 13.8 Å². The Labute approximate surface area is 177 Å². The molecule has 5 rings (SSSR count). The summed E-state index contributed by atoms with van der Waals surface area (Å²) in [6.07, 6.45) is 8.36. The summed E-state index contributed by atoms with van der Waals surface area (Å²) >= 11 is 0. The van der Waals surface area contributed by atoms with Crippen LogP contribution in [-0.2, 0) is 0 Å². The minimum atomic E-state index is 1.17. The Morgan fingerprint density at radius 1 is 0.433 bits per heavy atom. The highest BCUT2D eigenvalue weighted by molar-refractivity contribution is 5.83. The lowest BCUT2D eigenvalue weighted by Crippen LogP contribution is -2.28. The summed E-state index contributed by atoms with van der Waals surface area (Å²) in [5, 5.41) is 4.96. The fourth-order valence-electron chi connectivity index (χ4n) is 3.98. The highest BCUT2D eigenvalue weighted by Gasteiger charge is 2.10. The maximum Gasteiger partial charge on any atom is 0.211 e. The second-order valence-electron chi connectivity index (χ2n) is 7.73. The maximum atomic E-state index is 2.26. The Kier molecular flexibility index (Phi) is 4.61. The molecule has 144 valence electrons. The molecule has 3 aromatic carbocycles. The first-order valence-corrected chi connectivity index (χ1v) is 10.3. The Hall–Kier alpha value is -3.78. The lowest BCUT2D eigenvalue weighted by molar-refractivity contribution is -0.595. The van der Waals surface area contributed by atoms with E-state index in [1.54, 1.807) is 0 Å². The lowest BCUT2D eigenvalue weighted by atomic mass is 10.0. The zero-order valence-electron chi connectivity index (χ0n) is 17.3. The topological polar surface area (TPSA) is 7.76 Å². The highest BCUT2D eigenvalue weighted by atomic mass is 14.9. The van der Waals surface area contributed by atoms with Crippen molar-refractivity contribution in [2.24, 2.45) is 0 Å². The van der Waals surface area contributed by atoms with Crippen LogP contribution in [0.4, 0.5) is 0 Å². The molecule has 0 N–H and O–H groups in total. The number of aromatic nitrogens is 2. The molecule has 0 spiro atoms. The molecule has 5 aromatic rings. The quantitative estimate of drug-likeness (QED) is 0.341. The van der Waals surface area contributed by atoms with E-state index in [1.165, 1.54) is 44.0 Å². The van der Waals surface area contributed by atoms with E-state index in [4.69, 9.17) is 0 Å². The van der Waals surface area contributed by atoms with E-state index in [9.17, 15) is 0 Å². The summed E-state index contributed by atoms with van der Waals surface area (Å²) in [4.78, 5) is 0. The Morgan fingerprint density at radius 2 is 0.733 bits per heavy atom. The van der Waals surface area contributed by atoms with Crippen molar-refractivity contribution >= 4 is 21.5 Å². The Bertz CT molecular complexity index is 1220. The van der Waals surface area contributed by atoms with Gasteiger partial charge < -0.3 is 0 Å². The van der Waals surface area contributed by atoms with Crippen molar-refractivity contribution in [2.75, 3.05) is 0 Å². The number of pyridine rings is 2. The van der Waals surface area contributed by atoms with Gasteiger partial charge >= 0.3 is 0 Å². The van der Waals surface area contributed by atoms with Crippen LogP contribution in [-0.4, -0.2) is 0 Å². The molecule has 4 bridgehead atoms. The standard InChI is InChI=1S/C28H24N2/c1-21-23-9-11-25-19-28(30-15-7-4-8-16-30)20-26(22(25)2)12-10-24(21)18-27(17-23)29-13-5-3-6-14-29/h3-20H,1-2H3/q+2. The lowest BCUT2D eigenvalue weighted by Gasteiger charge is -2.05. The number of aryl methyl sites for hydroxylation is 2. The Morgan fingerprint density at radius 3 is 1.03 bits per heavy atom. The van der Waals surface area contributed by atoms with Crippen LogP contribution in [0.5, 0.6) is 0 Å². The molecule has 0 aliphatic rings. The fraction of sp³-hybridized carbons (Fsp3) is 0.0714. The predicted molar refractivity (Wildman–Crippen MR) is 123 cm³/mol. The minimum Gasteiger partial charge on any atom is -0.167 e. The van der Waals surface area contributed by atoms with Crippen LogP contribution in [0.1, 0.15) is 11.1 Å². The van der Waals surface area contributed by atoms with Crippen LogP contribution in [0.15, 0.2) is 110 Å². The van der Waals surface area contributed by atoms with E-state index >= 15 is 0 Å². The van der Waals surface area contributed by atoms with Crippen molar-refractivity contribution < 1.29 is 9.13 Å². The van der Waals surface area contributed by atoms with Gasteiger partial charge in [0.25, 0.3) is 0 Å². The van der Waals surface area contributed by atoms with Gasteiger partial charge in [-0.1, -0.05) is 36.4 Å². The second kappa shape index (κ2) is 7.57. The van der Waals surface area contributed by atoms with Gasteiger partial charge in [-0.25, -0.2) is 0 Å². The molecular formula is C28H24N2+2. The first kappa shape index (κ1) is 18.3. The predicted octanol–water partition coefficient (Wildman–Crippen LogP) is 5.73. The van der Waals surface area contributed by atoms with Crippen LogP contribution >= 0.6 is 0 Å². The third-order valence-corrected chi connectivity index (χ3v) is 5.86. The summed E-state index contributed by atoms with van der Waals surface area (Å²) in [6, 6.07) is 30.4. The van der Waals surface area contributed by atoms with Gasteiger partial charge in [-0.2, -0.15) is 9.13 Å². The van der Waals surface area contributed by atoms with Crippen LogP contribution in [0.3, 0.4) is 0 Å². The molecule has 0 saturated heterocycles. The van der Waals surface area contributed by atoms with E-state index in [0.717, 1.165) is 0 Å². The van der Waals surface area contributed by atoms with Gasteiger partial charge in [0.15, 0.2) is 24.8 Å². The normalized spacial score (nSPS) is 11.0. The number of fused-ring (bicyclic) bond motifs is 4. The summed E-state index contributed by atoms with van der Waals surface area (Å²) in [6.45, 7) is 4.40. The largest absolute Gasteiger partial charge is 0.211 e. The third kappa shape index (κ3) is 3.37. The molecule has 2 heteroatoms. The summed E-state index contributed by atoms with van der Waals surface area (Å²) < 4.78 is 4.32. The van der Waals surface area contributed by atoms with Crippen molar-refractivity contribution in [2.45, 2.75) is 13.8 Å². The average Bonchev–Trinajstić information content (AvgIpc) is 2.79. The molecule has 0 amide bonds. The number of hydrogen-bond acceptors (Lipinski definition) is 0. The van der Waals surface area contributed by atoms with Crippen LogP contribution in [0.2, 0.25) is 0 Å². The second-order valence-corrected chi connectivity index (χ2v) is 7.73. The van der Waals surface area contributed by atoms with Gasteiger partial charge in [0.05, 0.1) is 0 Å². The van der Waals surface area contributed by atoms with Gasteiger partial charge in [-0.15, -0.1) is 0 Å². The van der Waals surface area contributed by atoms with Gasteiger partial charge in [-0.05, 0) is 46.5 Å². The zero-order valence-corrected chi connectivity index (χ0v) is 17.3.